The van der Waals surface area contributed by atoms with E-state index in [-0.39, 0.29) is 11.8 Å². The van der Waals surface area contributed by atoms with E-state index in [9.17, 15) is 9.59 Å². The molecule has 4 rings (SSSR count). The van der Waals surface area contributed by atoms with Crippen molar-refractivity contribution in [1.82, 2.24) is 10.5 Å². The van der Waals surface area contributed by atoms with Crippen molar-refractivity contribution in [1.29, 1.82) is 0 Å². The van der Waals surface area contributed by atoms with Crippen LogP contribution in [-0.2, 0) is 9.59 Å². The van der Waals surface area contributed by atoms with Gasteiger partial charge in [-0.1, -0.05) is 35.5 Å². The fourth-order valence-corrected chi connectivity index (χ4v) is 3.55. The van der Waals surface area contributed by atoms with Crippen molar-refractivity contribution in [2.75, 3.05) is 0 Å². The monoisotopic (exact) mass is 458 g/mol. The molecule has 2 amide bonds. The molecule has 0 aliphatic carbocycles. The number of nitrogens with zero attached hydrogens (tertiary/aromatic N) is 1. The molecule has 2 heterocycles. The number of hydrogen-bond acceptors (Lipinski definition) is 4. The summed E-state index contributed by atoms with van der Waals surface area (Å²) in [5, 5.41) is 9.35. The number of piperidine rings is 1. The molecule has 1 atom stereocenters. The maximum absolute atomic E-state index is 12.2. The van der Waals surface area contributed by atoms with Gasteiger partial charge in [-0.05, 0) is 64.0 Å². The molecule has 0 spiro atoms. The molecule has 6 heteroatoms. The Balaban J connectivity index is 1.89. The van der Waals surface area contributed by atoms with E-state index in [4.69, 9.17) is 4.52 Å². The zero-order chi connectivity index (χ0) is 18.1. The van der Waals surface area contributed by atoms with Crippen molar-refractivity contribution in [2.24, 2.45) is 0 Å². The lowest BCUT2D eigenvalue weighted by atomic mass is 9.92. The first-order chi connectivity index (χ1) is 12.6. The van der Waals surface area contributed by atoms with Gasteiger partial charge in [0.05, 0.1) is 5.92 Å². The van der Waals surface area contributed by atoms with Gasteiger partial charge in [0.1, 0.15) is 5.69 Å². The van der Waals surface area contributed by atoms with Gasteiger partial charge in [0.15, 0.2) is 5.58 Å². The molecule has 0 unspecified atom stereocenters. The largest absolute Gasteiger partial charge is 0.356 e. The topological polar surface area (TPSA) is 72.2 Å². The summed E-state index contributed by atoms with van der Waals surface area (Å²) in [7, 11) is 0. The summed E-state index contributed by atoms with van der Waals surface area (Å²) in [6.45, 7) is 0. The number of halogens is 1. The summed E-state index contributed by atoms with van der Waals surface area (Å²) in [6, 6.07) is 18.0. The summed E-state index contributed by atoms with van der Waals surface area (Å²) in [5.74, 6) is -1.01. The van der Waals surface area contributed by atoms with Crippen molar-refractivity contribution >= 4 is 56.1 Å². The van der Waals surface area contributed by atoms with Crippen LogP contribution in [0.25, 0.3) is 21.7 Å². The van der Waals surface area contributed by atoms with Gasteiger partial charge in [-0.3, -0.25) is 14.9 Å². The van der Waals surface area contributed by atoms with Crippen LogP contribution in [0.5, 0.6) is 0 Å². The predicted octanol–water partition coefficient (Wildman–Crippen LogP) is 4.23. The van der Waals surface area contributed by atoms with Gasteiger partial charge >= 0.3 is 0 Å². The second-order valence-electron chi connectivity index (χ2n) is 6.18. The van der Waals surface area contributed by atoms with Crippen LogP contribution in [0.1, 0.15) is 24.5 Å². The average Bonchev–Trinajstić information content (AvgIpc) is 3.01. The summed E-state index contributed by atoms with van der Waals surface area (Å²) in [6.07, 6.45) is 0.763. The second kappa shape index (κ2) is 7.03. The van der Waals surface area contributed by atoms with Crippen LogP contribution < -0.4 is 5.32 Å². The Morgan fingerprint density at radius 3 is 2.62 bits per heavy atom. The van der Waals surface area contributed by atoms with Crippen molar-refractivity contribution in [3.8, 4) is 0 Å². The van der Waals surface area contributed by atoms with Crippen LogP contribution in [0.4, 0.5) is 0 Å². The Hall–Kier alpha value is -2.48. The van der Waals surface area contributed by atoms with Crippen molar-refractivity contribution in [3.05, 3.63) is 63.9 Å². The molecule has 1 aliphatic rings. The molecule has 1 aliphatic heterocycles. The van der Waals surface area contributed by atoms with E-state index < -0.39 is 5.92 Å². The zero-order valence-electron chi connectivity index (χ0n) is 13.7. The first-order valence-corrected chi connectivity index (χ1v) is 9.35. The fourth-order valence-electron chi connectivity index (χ4n) is 3.14. The van der Waals surface area contributed by atoms with Crippen LogP contribution >= 0.6 is 22.6 Å². The van der Waals surface area contributed by atoms with Crippen LogP contribution in [0.15, 0.2) is 59.1 Å². The third-order valence-corrected chi connectivity index (χ3v) is 5.17. The number of aromatic nitrogens is 1. The van der Waals surface area contributed by atoms with E-state index in [1.165, 1.54) is 0 Å². The molecule has 26 heavy (non-hydrogen) atoms. The first kappa shape index (κ1) is 17.0. The minimum Gasteiger partial charge on any atom is -0.356 e. The average molecular weight is 458 g/mol. The molecule has 1 N–H and O–H groups in total. The zero-order valence-corrected chi connectivity index (χ0v) is 15.9. The number of amides is 2. The highest BCUT2D eigenvalue weighted by atomic mass is 127. The number of carbonyl (C=O) groups is 2. The molecule has 2 aromatic carbocycles. The second-order valence-corrected chi connectivity index (χ2v) is 7.42. The summed E-state index contributed by atoms with van der Waals surface area (Å²) in [4.78, 5) is 23.6. The van der Waals surface area contributed by atoms with Crippen molar-refractivity contribution < 1.29 is 14.1 Å². The van der Waals surface area contributed by atoms with Crippen molar-refractivity contribution in [2.45, 2.75) is 18.8 Å². The molecule has 5 nitrogen and oxygen atoms in total. The number of imide groups is 1. The van der Waals surface area contributed by atoms with E-state index in [1.54, 1.807) is 0 Å². The minimum atomic E-state index is -0.463. The lowest BCUT2D eigenvalue weighted by Crippen LogP contribution is -2.39. The molecular weight excluding hydrogens is 443 g/mol. The highest BCUT2D eigenvalue weighted by Crippen LogP contribution is 2.32. The SMILES string of the molecule is O=C1CC[C@H](c2noc3cc4cccc(I)ccccc4cc23)C(=O)N1. The maximum Gasteiger partial charge on any atom is 0.235 e. The molecule has 1 saturated heterocycles. The first-order valence-electron chi connectivity index (χ1n) is 8.27. The van der Waals surface area contributed by atoms with E-state index in [0.717, 1.165) is 19.7 Å². The third kappa shape index (κ3) is 3.29. The number of nitrogens with one attached hydrogen (secondary N) is 1. The molecule has 0 radical (unpaired) electrons. The number of fused-ring (bicyclic) bond motifs is 2. The number of hydrogen-bond donors (Lipinski definition) is 1. The quantitative estimate of drug-likeness (QED) is 0.438. The summed E-state index contributed by atoms with van der Waals surface area (Å²) >= 11 is 2.27. The minimum absolute atomic E-state index is 0.237. The van der Waals surface area contributed by atoms with Gasteiger partial charge in [0, 0.05) is 15.4 Å². The Morgan fingerprint density at radius 2 is 1.77 bits per heavy atom. The maximum atomic E-state index is 12.2. The van der Waals surface area contributed by atoms with E-state index in [2.05, 4.69) is 33.1 Å². The smallest absolute Gasteiger partial charge is 0.235 e. The van der Waals surface area contributed by atoms with Crippen molar-refractivity contribution in [3.63, 3.8) is 0 Å². The van der Waals surface area contributed by atoms with Gasteiger partial charge in [0.25, 0.3) is 0 Å². The molecule has 1 aromatic heterocycles. The molecule has 0 bridgehead atoms. The van der Waals surface area contributed by atoms with Crippen LogP contribution in [-0.4, -0.2) is 17.0 Å². The van der Waals surface area contributed by atoms with Gasteiger partial charge in [-0.25, -0.2) is 0 Å². The summed E-state index contributed by atoms with van der Waals surface area (Å²) in [5.41, 5.74) is 1.22. The lowest BCUT2D eigenvalue weighted by Gasteiger charge is -2.18. The molecule has 130 valence electrons. The highest BCUT2D eigenvalue weighted by Gasteiger charge is 2.31. The number of carbonyl (C=O) groups excluding carboxylic acids is 2. The standard InChI is InChI=1S/C20H15IN2O3/c21-14-6-2-1-4-12-10-16-17(11-13(12)5-3-7-14)26-23-19(16)15-8-9-18(24)22-20(15)25/h1-7,10-11,15H,8-9H2,(H,22,24,25)/t15-/m1/s1. The molecule has 0 saturated carbocycles. The molecular formula is C20H15IN2O3. The summed E-state index contributed by atoms with van der Waals surface area (Å²) < 4.78 is 6.62. The van der Waals surface area contributed by atoms with Crippen LogP contribution in [0.2, 0.25) is 0 Å². The van der Waals surface area contributed by atoms with Gasteiger partial charge < -0.3 is 4.52 Å². The molecule has 3 aromatic rings. The van der Waals surface area contributed by atoms with Gasteiger partial charge in [-0.15, -0.1) is 0 Å². The predicted molar refractivity (Wildman–Crippen MR) is 107 cm³/mol. The highest BCUT2D eigenvalue weighted by molar-refractivity contribution is 14.1. The Morgan fingerprint density at radius 1 is 1.04 bits per heavy atom. The lowest BCUT2D eigenvalue weighted by molar-refractivity contribution is -0.134. The Bertz CT molecular complexity index is 1090. The fraction of sp³-hybridized carbons (Fsp3) is 0.150. The Kier molecular flexibility index (Phi) is 4.58. The normalized spacial score (nSPS) is 17.2. The van der Waals surface area contributed by atoms with Crippen LogP contribution in [0.3, 0.4) is 0 Å². The van der Waals surface area contributed by atoms with Crippen LogP contribution in [0, 0.1) is 3.57 Å². The number of benzene rings is 1. The van der Waals surface area contributed by atoms with E-state index in [1.807, 2.05) is 54.6 Å². The third-order valence-electron chi connectivity index (χ3n) is 4.45. The number of rotatable bonds is 1. The van der Waals surface area contributed by atoms with Gasteiger partial charge in [0.2, 0.25) is 11.8 Å². The van der Waals surface area contributed by atoms with E-state index in [0.29, 0.717) is 24.1 Å². The molecule has 1 fully saturated rings. The van der Waals surface area contributed by atoms with E-state index >= 15 is 0 Å². The Labute approximate surface area is 163 Å². The van der Waals surface area contributed by atoms with Gasteiger partial charge in [-0.2, -0.15) is 0 Å².